The summed E-state index contributed by atoms with van der Waals surface area (Å²) in [4.78, 5) is 11.9. The molecule has 0 aromatic heterocycles. The zero-order valence-corrected chi connectivity index (χ0v) is 12.6. The first-order chi connectivity index (χ1) is 8.12. The average Bonchev–Trinajstić information content (AvgIpc) is 2.59. The van der Waals surface area contributed by atoms with Crippen molar-refractivity contribution in [1.82, 2.24) is 0 Å². The van der Waals surface area contributed by atoms with Crippen LogP contribution in [0.3, 0.4) is 0 Å². The fraction of sp³-hybridized carbons (Fsp3) is 0.500. The van der Waals surface area contributed by atoms with Crippen LogP contribution in [0.15, 0.2) is 22.7 Å². The highest BCUT2D eigenvalue weighted by Crippen LogP contribution is 2.78. The second-order valence-corrected chi connectivity index (χ2v) is 6.86. The van der Waals surface area contributed by atoms with E-state index in [2.05, 4.69) is 15.9 Å². The lowest BCUT2D eigenvalue weighted by molar-refractivity contribution is -0.141. The minimum atomic E-state index is -0.923. The number of halogens is 1. The predicted molar refractivity (Wildman–Crippen MR) is 75.4 cm³/mol. The molecule has 1 aromatic carbocycles. The summed E-state index contributed by atoms with van der Waals surface area (Å²) >= 11 is 3.37. The zero-order valence-electron chi connectivity index (χ0n) is 11.0. The number of rotatable bonds is 2. The number of carboxylic acids is 1. The van der Waals surface area contributed by atoms with Crippen LogP contribution in [0.2, 0.25) is 0 Å². The maximum Gasteiger partial charge on any atom is 0.315 e. The van der Waals surface area contributed by atoms with E-state index in [0.717, 1.165) is 4.47 Å². The fourth-order valence-electron chi connectivity index (χ4n) is 3.50. The number of benzene rings is 1. The minimum Gasteiger partial charge on any atom is -0.481 e. The van der Waals surface area contributed by atoms with Crippen LogP contribution >= 0.6 is 15.9 Å². The van der Waals surface area contributed by atoms with Gasteiger partial charge < -0.3 is 10.8 Å². The van der Waals surface area contributed by atoms with E-state index in [-0.39, 0.29) is 10.8 Å². The Kier molecular flexibility index (Phi) is 2.61. The topological polar surface area (TPSA) is 63.3 Å². The first kappa shape index (κ1) is 13.4. The largest absolute Gasteiger partial charge is 0.481 e. The van der Waals surface area contributed by atoms with Gasteiger partial charge in [0.25, 0.3) is 0 Å². The van der Waals surface area contributed by atoms with Gasteiger partial charge in [0.2, 0.25) is 0 Å². The Labute approximate surface area is 116 Å². The van der Waals surface area contributed by atoms with Crippen LogP contribution in [0.5, 0.6) is 0 Å². The summed E-state index contributed by atoms with van der Waals surface area (Å²) in [6.07, 6.45) is 0. The molecule has 3 nitrogen and oxygen atoms in total. The lowest BCUT2D eigenvalue weighted by Crippen LogP contribution is -2.29. The molecule has 0 unspecified atom stereocenters. The summed E-state index contributed by atoms with van der Waals surface area (Å²) in [5, 5.41) is 9.77. The molecule has 0 spiro atoms. The molecule has 0 aliphatic heterocycles. The average molecular weight is 312 g/mol. The molecule has 0 saturated heterocycles. The van der Waals surface area contributed by atoms with Gasteiger partial charge in [-0.1, -0.05) is 39.8 Å². The smallest absolute Gasteiger partial charge is 0.315 e. The molecular formula is C14H18BrNO2. The van der Waals surface area contributed by atoms with E-state index in [1.165, 1.54) is 0 Å². The second-order valence-electron chi connectivity index (χ2n) is 6.01. The Balaban J connectivity index is 2.75. The number of hydrogen-bond acceptors (Lipinski definition) is 2. The molecule has 0 heterocycles. The van der Waals surface area contributed by atoms with Crippen molar-refractivity contribution < 1.29 is 9.90 Å². The molecule has 0 bridgehead atoms. The summed E-state index contributed by atoms with van der Waals surface area (Å²) in [5.74, 6) is -0.803. The Morgan fingerprint density at radius 2 is 1.72 bits per heavy atom. The quantitative estimate of drug-likeness (QED) is 0.823. The normalized spacial score (nSPS) is 22.5. The van der Waals surface area contributed by atoms with Crippen molar-refractivity contribution in [3.8, 4) is 0 Å². The SMILES string of the molecule is CC1(C)C(C)(C)C1(C(=O)O)c1cccc(Br)c1N. The maximum atomic E-state index is 11.9. The van der Waals surface area contributed by atoms with Crippen molar-refractivity contribution in [1.29, 1.82) is 0 Å². The Bertz CT molecular complexity index is 521. The molecule has 98 valence electrons. The number of hydrogen-bond donors (Lipinski definition) is 2. The minimum absolute atomic E-state index is 0.333. The van der Waals surface area contributed by atoms with Crippen LogP contribution in [0.4, 0.5) is 5.69 Å². The van der Waals surface area contributed by atoms with E-state index < -0.39 is 11.4 Å². The standard InChI is InChI=1S/C14H18BrNO2/c1-12(2)13(3,4)14(12,11(17)18)8-6-5-7-9(15)10(8)16/h5-7H,16H2,1-4H3,(H,17,18). The van der Waals surface area contributed by atoms with E-state index in [1.807, 2.05) is 45.9 Å². The molecule has 1 aliphatic carbocycles. The molecule has 3 N–H and O–H groups in total. The number of carbonyl (C=O) groups is 1. The molecule has 0 amide bonds. The van der Waals surface area contributed by atoms with E-state index in [4.69, 9.17) is 5.73 Å². The number of anilines is 1. The Morgan fingerprint density at radius 1 is 1.22 bits per heavy atom. The molecule has 1 aliphatic rings. The van der Waals surface area contributed by atoms with Crippen molar-refractivity contribution in [2.45, 2.75) is 33.1 Å². The van der Waals surface area contributed by atoms with Gasteiger partial charge in [0.1, 0.15) is 5.41 Å². The molecule has 1 fully saturated rings. The summed E-state index contributed by atoms with van der Waals surface area (Å²) in [7, 11) is 0. The molecular weight excluding hydrogens is 294 g/mol. The third kappa shape index (κ3) is 1.17. The summed E-state index contributed by atoms with van der Waals surface area (Å²) in [5.41, 5.74) is 5.72. The Morgan fingerprint density at radius 3 is 2.11 bits per heavy atom. The Hall–Kier alpha value is -1.03. The van der Waals surface area contributed by atoms with Gasteiger partial charge in [0.15, 0.2) is 0 Å². The van der Waals surface area contributed by atoms with Crippen LogP contribution in [0.25, 0.3) is 0 Å². The molecule has 4 heteroatoms. The van der Waals surface area contributed by atoms with Gasteiger partial charge in [-0.15, -0.1) is 0 Å². The van der Waals surface area contributed by atoms with E-state index in [1.54, 1.807) is 0 Å². The van der Waals surface area contributed by atoms with E-state index in [0.29, 0.717) is 11.3 Å². The number of carboxylic acid groups (broad SMARTS) is 1. The lowest BCUT2D eigenvalue weighted by Gasteiger charge is -2.20. The number of para-hydroxylation sites is 1. The summed E-state index contributed by atoms with van der Waals surface area (Å²) in [6.45, 7) is 7.95. The van der Waals surface area contributed by atoms with Gasteiger partial charge in [-0.2, -0.15) is 0 Å². The van der Waals surface area contributed by atoms with Gasteiger partial charge in [0.05, 0.1) is 5.69 Å². The first-order valence-corrected chi connectivity index (χ1v) is 6.69. The van der Waals surface area contributed by atoms with E-state index >= 15 is 0 Å². The molecule has 0 atom stereocenters. The van der Waals surface area contributed by atoms with Crippen molar-refractivity contribution in [3.63, 3.8) is 0 Å². The van der Waals surface area contributed by atoms with Crippen molar-refractivity contribution in [3.05, 3.63) is 28.2 Å². The van der Waals surface area contributed by atoms with Crippen LogP contribution in [-0.2, 0) is 10.2 Å². The monoisotopic (exact) mass is 311 g/mol. The fourth-order valence-corrected chi connectivity index (χ4v) is 3.87. The third-order valence-corrected chi connectivity index (χ3v) is 5.84. The number of aliphatic carboxylic acids is 1. The summed E-state index contributed by atoms with van der Waals surface area (Å²) < 4.78 is 0.749. The third-order valence-electron chi connectivity index (χ3n) is 5.15. The van der Waals surface area contributed by atoms with Crippen LogP contribution in [0, 0.1) is 10.8 Å². The highest BCUT2D eigenvalue weighted by atomic mass is 79.9. The van der Waals surface area contributed by atoms with Gasteiger partial charge in [-0.3, -0.25) is 4.79 Å². The molecule has 1 aromatic rings. The van der Waals surface area contributed by atoms with Gasteiger partial charge >= 0.3 is 5.97 Å². The zero-order chi connectivity index (χ0) is 13.9. The first-order valence-electron chi connectivity index (χ1n) is 5.90. The number of nitrogens with two attached hydrogens (primary N) is 1. The van der Waals surface area contributed by atoms with E-state index in [9.17, 15) is 9.90 Å². The van der Waals surface area contributed by atoms with Gasteiger partial charge in [0, 0.05) is 4.47 Å². The molecule has 0 radical (unpaired) electrons. The van der Waals surface area contributed by atoms with Crippen molar-refractivity contribution in [2.75, 3.05) is 5.73 Å². The molecule has 1 saturated carbocycles. The van der Waals surface area contributed by atoms with Crippen LogP contribution in [0.1, 0.15) is 33.3 Å². The van der Waals surface area contributed by atoms with Crippen LogP contribution < -0.4 is 5.73 Å². The highest BCUT2D eigenvalue weighted by Gasteiger charge is 2.82. The highest BCUT2D eigenvalue weighted by molar-refractivity contribution is 9.10. The maximum absolute atomic E-state index is 11.9. The molecule has 2 rings (SSSR count). The van der Waals surface area contributed by atoms with Crippen LogP contribution in [-0.4, -0.2) is 11.1 Å². The van der Waals surface area contributed by atoms with Gasteiger partial charge in [-0.25, -0.2) is 0 Å². The lowest BCUT2D eigenvalue weighted by atomic mass is 9.85. The number of nitrogen functional groups attached to an aromatic ring is 1. The second kappa shape index (κ2) is 3.50. The van der Waals surface area contributed by atoms with Crippen molar-refractivity contribution >= 4 is 27.6 Å². The predicted octanol–water partition coefficient (Wildman–Crippen LogP) is 3.42. The molecule has 18 heavy (non-hydrogen) atoms. The van der Waals surface area contributed by atoms with Gasteiger partial charge in [-0.05, 0) is 38.4 Å². The summed E-state index contributed by atoms with van der Waals surface area (Å²) in [6, 6.07) is 5.49. The van der Waals surface area contributed by atoms with Crippen molar-refractivity contribution in [2.24, 2.45) is 10.8 Å².